The lowest BCUT2D eigenvalue weighted by Gasteiger charge is -2.34. The fraction of sp³-hybridized carbons (Fsp3) is 0.412. The van der Waals surface area contributed by atoms with Gasteiger partial charge < -0.3 is 15.3 Å². The van der Waals surface area contributed by atoms with E-state index in [0.717, 1.165) is 17.1 Å². The molecule has 0 amide bonds. The van der Waals surface area contributed by atoms with Crippen LogP contribution in [0, 0.1) is 5.82 Å². The van der Waals surface area contributed by atoms with Crippen molar-refractivity contribution in [1.82, 2.24) is 9.72 Å². The van der Waals surface area contributed by atoms with Crippen LogP contribution in [0.3, 0.4) is 0 Å². The number of aryl methyl sites for hydroxylation is 1. The van der Waals surface area contributed by atoms with Crippen LogP contribution >= 0.6 is 0 Å². The first-order chi connectivity index (χ1) is 11.4. The smallest absolute Gasteiger partial charge is 0.341 e. The lowest BCUT2D eigenvalue weighted by atomic mass is 10.1. The second-order valence-electron chi connectivity index (χ2n) is 6.11. The summed E-state index contributed by atoms with van der Waals surface area (Å²) in [6.45, 7) is 6.02. The molecule has 0 radical (unpaired) electrons. The number of rotatable bonds is 3. The van der Waals surface area contributed by atoms with E-state index < -0.39 is 17.3 Å². The average molecular weight is 333 g/mol. The summed E-state index contributed by atoms with van der Waals surface area (Å²) in [5, 5.41) is 12.5. The molecule has 128 valence electrons. The molecule has 1 saturated heterocycles. The summed E-state index contributed by atoms with van der Waals surface area (Å²) in [6, 6.07) is 3.29. The molecule has 2 aromatic heterocycles. The number of nitrogens with zero attached hydrogens (tertiary/aromatic N) is 2. The van der Waals surface area contributed by atoms with Gasteiger partial charge in [0.2, 0.25) is 0 Å². The minimum atomic E-state index is -1.30. The highest BCUT2D eigenvalue weighted by Gasteiger charge is 2.21. The van der Waals surface area contributed by atoms with E-state index in [9.17, 15) is 19.1 Å². The molecule has 0 aliphatic carbocycles. The van der Waals surface area contributed by atoms with E-state index in [-0.39, 0.29) is 11.6 Å². The SMILES string of the molecule is CCc1cc(C(=O)O)c(=O)n2cc(F)c(N3CCNC(C)C3)cc12. The van der Waals surface area contributed by atoms with Crippen molar-refractivity contribution in [2.75, 3.05) is 24.5 Å². The molecule has 0 saturated carbocycles. The van der Waals surface area contributed by atoms with Crippen LogP contribution in [0.2, 0.25) is 0 Å². The summed E-state index contributed by atoms with van der Waals surface area (Å²) in [6.07, 6.45) is 1.65. The van der Waals surface area contributed by atoms with Crippen molar-refractivity contribution in [3.63, 3.8) is 0 Å². The summed E-state index contributed by atoms with van der Waals surface area (Å²) >= 11 is 0. The van der Waals surface area contributed by atoms with Gasteiger partial charge in [-0.1, -0.05) is 6.92 Å². The topological polar surface area (TPSA) is 74.0 Å². The van der Waals surface area contributed by atoms with Gasteiger partial charge in [-0.3, -0.25) is 9.20 Å². The van der Waals surface area contributed by atoms with E-state index >= 15 is 0 Å². The maximum atomic E-state index is 14.6. The van der Waals surface area contributed by atoms with E-state index in [4.69, 9.17) is 0 Å². The Hall–Kier alpha value is -2.41. The van der Waals surface area contributed by atoms with Crippen molar-refractivity contribution < 1.29 is 14.3 Å². The number of anilines is 1. The number of hydrogen-bond donors (Lipinski definition) is 2. The Balaban J connectivity index is 2.22. The van der Waals surface area contributed by atoms with Gasteiger partial charge in [-0.25, -0.2) is 9.18 Å². The Labute approximate surface area is 138 Å². The molecule has 1 fully saturated rings. The Bertz CT molecular complexity index is 862. The van der Waals surface area contributed by atoms with E-state index in [1.54, 1.807) is 6.07 Å². The molecule has 2 N–H and O–H groups in total. The van der Waals surface area contributed by atoms with Gasteiger partial charge in [0.05, 0.1) is 17.4 Å². The summed E-state index contributed by atoms with van der Waals surface area (Å²) in [5.74, 6) is -1.83. The third-order valence-corrected chi connectivity index (χ3v) is 4.44. The second kappa shape index (κ2) is 6.24. The number of fused-ring (bicyclic) bond motifs is 1. The Morgan fingerprint density at radius 1 is 1.46 bits per heavy atom. The lowest BCUT2D eigenvalue weighted by molar-refractivity contribution is 0.0694. The van der Waals surface area contributed by atoms with Crippen LogP contribution in [0.4, 0.5) is 10.1 Å². The van der Waals surface area contributed by atoms with Crippen molar-refractivity contribution in [2.24, 2.45) is 0 Å². The predicted molar refractivity (Wildman–Crippen MR) is 89.6 cm³/mol. The van der Waals surface area contributed by atoms with Gasteiger partial charge in [-0.05, 0) is 31.0 Å². The molecule has 1 aliphatic rings. The maximum Gasteiger partial charge on any atom is 0.341 e. The molecule has 6 nitrogen and oxygen atoms in total. The van der Waals surface area contributed by atoms with E-state index in [0.29, 0.717) is 36.3 Å². The molecule has 0 spiro atoms. The molecule has 1 unspecified atom stereocenters. The van der Waals surface area contributed by atoms with Crippen molar-refractivity contribution in [2.45, 2.75) is 26.3 Å². The van der Waals surface area contributed by atoms with Crippen LogP contribution in [0.5, 0.6) is 0 Å². The predicted octanol–water partition coefficient (Wildman–Crippen LogP) is 1.50. The zero-order chi connectivity index (χ0) is 17.4. The van der Waals surface area contributed by atoms with Gasteiger partial charge in [-0.15, -0.1) is 0 Å². The first-order valence-electron chi connectivity index (χ1n) is 8.01. The number of pyridine rings is 2. The fourth-order valence-electron chi connectivity index (χ4n) is 3.20. The van der Waals surface area contributed by atoms with Gasteiger partial charge in [0, 0.05) is 25.7 Å². The summed E-state index contributed by atoms with van der Waals surface area (Å²) in [5.41, 5.74) is 0.646. The quantitative estimate of drug-likeness (QED) is 0.890. The molecule has 3 rings (SSSR count). The van der Waals surface area contributed by atoms with Crippen LogP contribution in [-0.2, 0) is 6.42 Å². The third-order valence-electron chi connectivity index (χ3n) is 4.44. The summed E-state index contributed by atoms with van der Waals surface area (Å²) < 4.78 is 15.7. The number of carboxylic acid groups (broad SMARTS) is 1. The van der Waals surface area contributed by atoms with Crippen molar-refractivity contribution in [1.29, 1.82) is 0 Å². The molecule has 24 heavy (non-hydrogen) atoms. The number of carbonyl (C=O) groups is 1. The van der Waals surface area contributed by atoms with Crippen molar-refractivity contribution >= 4 is 17.2 Å². The molecular formula is C17H20FN3O3. The second-order valence-corrected chi connectivity index (χ2v) is 6.11. The zero-order valence-corrected chi connectivity index (χ0v) is 13.7. The van der Waals surface area contributed by atoms with Gasteiger partial charge >= 0.3 is 5.97 Å². The normalized spacial score (nSPS) is 18.1. The summed E-state index contributed by atoms with van der Waals surface area (Å²) in [7, 11) is 0. The third kappa shape index (κ3) is 2.75. The number of hydrogen-bond acceptors (Lipinski definition) is 4. The minimum absolute atomic E-state index is 0.247. The standard InChI is InChI=1S/C17H20FN3O3/c1-3-11-6-12(17(23)24)16(22)21-9-13(18)15(7-14(11)21)20-5-4-19-10(2)8-20/h6-7,9-10,19H,3-5,8H2,1-2H3,(H,23,24). The van der Waals surface area contributed by atoms with Gasteiger partial charge in [0.15, 0.2) is 5.82 Å². The lowest BCUT2D eigenvalue weighted by Crippen LogP contribution is -2.49. The van der Waals surface area contributed by atoms with Gasteiger partial charge in [0.25, 0.3) is 5.56 Å². The van der Waals surface area contributed by atoms with E-state index in [1.165, 1.54) is 6.07 Å². The zero-order valence-electron chi connectivity index (χ0n) is 13.7. The van der Waals surface area contributed by atoms with Crippen molar-refractivity contribution in [3.8, 4) is 0 Å². The molecule has 3 heterocycles. The van der Waals surface area contributed by atoms with Crippen LogP contribution < -0.4 is 15.8 Å². The van der Waals surface area contributed by atoms with Crippen LogP contribution in [-0.4, -0.2) is 41.2 Å². The Kier molecular flexibility index (Phi) is 4.28. The van der Waals surface area contributed by atoms with Gasteiger partial charge in [-0.2, -0.15) is 0 Å². The molecule has 7 heteroatoms. The van der Waals surface area contributed by atoms with E-state index in [1.807, 2.05) is 18.7 Å². The number of carboxylic acids is 1. The van der Waals surface area contributed by atoms with Crippen LogP contribution in [0.25, 0.3) is 5.52 Å². The number of aromatic nitrogens is 1. The molecule has 1 atom stereocenters. The first kappa shape index (κ1) is 16.4. The maximum absolute atomic E-state index is 14.6. The number of halogens is 1. The Morgan fingerprint density at radius 2 is 2.21 bits per heavy atom. The van der Waals surface area contributed by atoms with E-state index in [2.05, 4.69) is 5.32 Å². The number of nitrogens with one attached hydrogen (secondary N) is 1. The molecule has 0 bridgehead atoms. The van der Waals surface area contributed by atoms with Gasteiger partial charge in [0.1, 0.15) is 5.56 Å². The highest BCUT2D eigenvalue weighted by atomic mass is 19.1. The minimum Gasteiger partial charge on any atom is -0.477 e. The summed E-state index contributed by atoms with van der Waals surface area (Å²) in [4.78, 5) is 25.5. The van der Waals surface area contributed by atoms with Crippen LogP contribution in [0.1, 0.15) is 29.8 Å². The monoisotopic (exact) mass is 333 g/mol. The fourth-order valence-corrected chi connectivity index (χ4v) is 3.20. The molecule has 1 aliphatic heterocycles. The largest absolute Gasteiger partial charge is 0.477 e. The number of piperazine rings is 1. The first-order valence-corrected chi connectivity index (χ1v) is 8.01. The Morgan fingerprint density at radius 3 is 2.83 bits per heavy atom. The molecular weight excluding hydrogens is 313 g/mol. The van der Waals surface area contributed by atoms with Crippen molar-refractivity contribution in [3.05, 3.63) is 45.6 Å². The average Bonchev–Trinajstić information content (AvgIpc) is 2.55. The van der Waals surface area contributed by atoms with Crippen LogP contribution in [0.15, 0.2) is 23.1 Å². The molecule has 0 aromatic carbocycles. The highest BCUT2D eigenvalue weighted by Crippen LogP contribution is 2.24. The molecule has 2 aromatic rings. The highest BCUT2D eigenvalue weighted by molar-refractivity contribution is 5.88. The number of aromatic carboxylic acids is 1.